The number of nitrogens with zero attached hydrogens (tertiary/aromatic N) is 2. The van der Waals surface area contributed by atoms with Gasteiger partial charge in [0, 0.05) is 37.1 Å². The van der Waals surface area contributed by atoms with E-state index in [0.29, 0.717) is 17.3 Å². The van der Waals surface area contributed by atoms with Crippen molar-refractivity contribution in [2.75, 3.05) is 44.4 Å². The number of rotatable bonds is 3. The molecule has 0 spiro atoms. The molecule has 1 fully saturated rings. The van der Waals surface area contributed by atoms with E-state index >= 15 is 0 Å². The lowest BCUT2D eigenvalue weighted by Gasteiger charge is -2.40. The van der Waals surface area contributed by atoms with E-state index in [2.05, 4.69) is 29.8 Å². The lowest BCUT2D eigenvalue weighted by molar-refractivity contribution is 0.0602. The number of aryl methyl sites for hydroxylation is 1. The maximum absolute atomic E-state index is 11.9. The highest BCUT2D eigenvalue weighted by Gasteiger charge is 2.24. The average Bonchev–Trinajstić information content (AvgIpc) is 2.49. The van der Waals surface area contributed by atoms with Crippen molar-refractivity contribution in [3.8, 4) is 0 Å². The average molecular weight is 291 g/mol. The Morgan fingerprint density at radius 2 is 2.14 bits per heavy atom. The molecule has 0 amide bonds. The van der Waals surface area contributed by atoms with Gasteiger partial charge in [-0.3, -0.25) is 4.90 Å². The predicted octanol–water partition coefficient (Wildman–Crippen LogP) is 1.89. The number of benzene rings is 1. The first-order valence-electron chi connectivity index (χ1n) is 7.41. The van der Waals surface area contributed by atoms with Gasteiger partial charge in [-0.1, -0.05) is 6.92 Å². The molecule has 5 nitrogen and oxygen atoms in total. The fraction of sp³-hybridized carbons (Fsp3) is 0.562. The number of anilines is 2. The number of hydrogen-bond acceptors (Lipinski definition) is 5. The van der Waals surface area contributed by atoms with Crippen molar-refractivity contribution in [3.63, 3.8) is 0 Å². The molecule has 0 saturated carbocycles. The Kier molecular flexibility index (Phi) is 4.73. The number of esters is 1. The fourth-order valence-corrected chi connectivity index (χ4v) is 2.86. The Morgan fingerprint density at radius 1 is 1.43 bits per heavy atom. The molecule has 21 heavy (non-hydrogen) atoms. The van der Waals surface area contributed by atoms with E-state index in [-0.39, 0.29) is 5.97 Å². The lowest BCUT2D eigenvalue weighted by Crippen LogP contribution is -2.51. The van der Waals surface area contributed by atoms with Crippen LogP contribution in [0, 0.1) is 6.92 Å². The molecule has 116 valence electrons. The van der Waals surface area contributed by atoms with Crippen LogP contribution < -0.4 is 10.6 Å². The van der Waals surface area contributed by atoms with Crippen LogP contribution in [-0.2, 0) is 4.74 Å². The second kappa shape index (κ2) is 6.35. The number of likely N-dealkylation sites (N-methyl/N-ethyl adjacent to an activating group) is 1. The van der Waals surface area contributed by atoms with Gasteiger partial charge in [0.2, 0.25) is 0 Å². The first-order chi connectivity index (χ1) is 9.97. The number of methoxy groups -OCH3 is 1. The fourth-order valence-electron chi connectivity index (χ4n) is 2.86. The molecule has 0 radical (unpaired) electrons. The van der Waals surface area contributed by atoms with Crippen molar-refractivity contribution < 1.29 is 9.53 Å². The second-order valence-electron chi connectivity index (χ2n) is 5.70. The topological polar surface area (TPSA) is 58.8 Å². The molecule has 2 N–H and O–H groups in total. The SMILES string of the molecule is CCC1CN(c2cc(C)c(N)c(C(=O)OC)c2)CCN1C. The molecule has 5 heteroatoms. The summed E-state index contributed by atoms with van der Waals surface area (Å²) in [6, 6.07) is 4.45. The zero-order chi connectivity index (χ0) is 15.6. The normalized spacial score (nSPS) is 19.6. The summed E-state index contributed by atoms with van der Waals surface area (Å²) < 4.78 is 4.83. The van der Waals surface area contributed by atoms with Gasteiger partial charge in [-0.05, 0) is 38.1 Å². The van der Waals surface area contributed by atoms with Crippen LogP contribution in [0.3, 0.4) is 0 Å². The standard InChI is InChI=1S/C16H25N3O2/c1-5-12-10-19(7-6-18(12)3)13-8-11(2)15(17)14(9-13)16(20)21-4/h8-9,12H,5-7,10,17H2,1-4H3. The summed E-state index contributed by atoms with van der Waals surface area (Å²) in [7, 11) is 3.55. The van der Waals surface area contributed by atoms with Crippen molar-refractivity contribution in [2.24, 2.45) is 0 Å². The molecule has 0 aliphatic carbocycles. The van der Waals surface area contributed by atoms with Gasteiger partial charge in [-0.2, -0.15) is 0 Å². The van der Waals surface area contributed by atoms with Crippen LogP contribution in [0.5, 0.6) is 0 Å². The number of ether oxygens (including phenoxy) is 1. The molecule has 1 aromatic carbocycles. The van der Waals surface area contributed by atoms with Crippen LogP contribution in [0.15, 0.2) is 12.1 Å². The Labute approximate surface area is 126 Å². The zero-order valence-corrected chi connectivity index (χ0v) is 13.3. The van der Waals surface area contributed by atoms with E-state index in [1.807, 2.05) is 13.0 Å². The van der Waals surface area contributed by atoms with Gasteiger partial charge in [-0.25, -0.2) is 4.79 Å². The van der Waals surface area contributed by atoms with E-state index in [1.165, 1.54) is 7.11 Å². The van der Waals surface area contributed by atoms with Crippen LogP contribution in [0.25, 0.3) is 0 Å². The molecule has 2 rings (SSSR count). The Balaban J connectivity index is 2.32. The van der Waals surface area contributed by atoms with Crippen molar-refractivity contribution in [1.29, 1.82) is 0 Å². The summed E-state index contributed by atoms with van der Waals surface area (Å²) in [5.41, 5.74) is 8.94. The third kappa shape index (κ3) is 3.13. The van der Waals surface area contributed by atoms with Gasteiger partial charge >= 0.3 is 5.97 Å². The summed E-state index contributed by atoms with van der Waals surface area (Å²) in [5.74, 6) is -0.376. The number of carbonyl (C=O) groups is 1. The molecule has 1 aliphatic rings. The van der Waals surface area contributed by atoms with Gasteiger partial charge in [0.25, 0.3) is 0 Å². The number of carbonyl (C=O) groups excluding carboxylic acids is 1. The third-order valence-corrected chi connectivity index (χ3v) is 4.39. The minimum atomic E-state index is -0.376. The highest BCUT2D eigenvalue weighted by molar-refractivity contribution is 5.97. The second-order valence-corrected chi connectivity index (χ2v) is 5.70. The predicted molar refractivity (Wildman–Crippen MR) is 85.9 cm³/mol. The van der Waals surface area contributed by atoms with Crippen LogP contribution in [0.1, 0.15) is 29.3 Å². The Morgan fingerprint density at radius 3 is 2.76 bits per heavy atom. The van der Waals surface area contributed by atoms with Gasteiger partial charge in [0.1, 0.15) is 0 Å². The number of hydrogen-bond donors (Lipinski definition) is 1. The first-order valence-corrected chi connectivity index (χ1v) is 7.41. The minimum absolute atomic E-state index is 0.376. The number of piperazine rings is 1. The van der Waals surface area contributed by atoms with Gasteiger partial charge < -0.3 is 15.4 Å². The van der Waals surface area contributed by atoms with Gasteiger partial charge in [-0.15, -0.1) is 0 Å². The van der Waals surface area contributed by atoms with Gasteiger partial charge in [0.05, 0.1) is 12.7 Å². The van der Waals surface area contributed by atoms with E-state index < -0.39 is 0 Å². The van der Waals surface area contributed by atoms with Crippen molar-refractivity contribution in [1.82, 2.24) is 4.90 Å². The molecule has 0 bridgehead atoms. The quantitative estimate of drug-likeness (QED) is 0.681. The minimum Gasteiger partial charge on any atom is -0.465 e. The summed E-state index contributed by atoms with van der Waals surface area (Å²) in [4.78, 5) is 16.6. The molecular weight excluding hydrogens is 266 g/mol. The molecule has 1 saturated heterocycles. The van der Waals surface area contributed by atoms with E-state index in [0.717, 1.165) is 37.3 Å². The highest BCUT2D eigenvalue weighted by atomic mass is 16.5. The maximum atomic E-state index is 11.9. The molecule has 1 aromatic rings. The van der Waals surface area contributed by atoms with Crippen molar-refractivity contribution >= 4 is 17.3 Å². The summed E-state index contributed by atoms with van der Waals surface area (Å²) in [5, 5.41) is 0. The maximum Gasteiger partial charge on any atom is 0.340 e. The summed E-state index contributed by atoms with van der Waals surface area (Å²) in [6.07, 6.45) is 1.12. The summed E-state index contributed by atoms with van der Waals surface area (Å²) in [6.45, 7) is 7.08. The number of nitrogens with two attached hydrogens (primary N) is 1. The van der Waals surface area contributed by atoms with Crippen molar-refractivity contribution in [3.05, 3.63) is 23.3 Å². The van der Waals surface area contributed by atoms with Crippen LogP contribution >= 0.6 is 0 Å². The lowest BCUT2D eigenvalue weighted by atomic mass is 10.0. The molecule has 1 heterocycles. The molecule has 0 aromatic heterocycles. The Bertz CT molecular complexity index is 530. The van der Waals surface area contributed by atoms with E-state index in [4.69, 9.17) is 10.5 Å². The highest BCUT2D eigenvalue weighted by Crippen LogP contribution is 2.28. The third-order valence-electron chi connectivity index (χ3n) is 4.39. The monoisotopic (exact) mass is 291 g/mol. The Hall–Kier alpha value is -1.75. The largest absolute Gasteiger partial charge is 0.465 e. The summed E-state index contributed by atoms with van der Waals surface area (Å²) >= 11 is 0. The molecule has 1 atom stereocenters. The zero-order valence-electron chi connectivity index (χ0n) is 13.3. The molecule has 1 aliphatic heterocycles. The molecule has 1 unspecified atom stereocenters. The van der Waals surface area contributed by atoms with Crippen LogP contribution in [0.2, 0.25) is 0 Å². The smallest absolute Gasteiger partial charge is 0.340 e. The van der Waals surface area contributed by atoms with Gasteiger partial charge in [0.15, 0.2) is 0 Å². The van der Waals surface area contributed by atoms with Crippen LogP contribution in [0.4, 0.5) is 11.4 Å². The molecular formula is C16H25N3O2. The van der Waals surface area contributed by atoms with Crippen molar-refractivity contribution in [2.45, 2.75) is 26.3 Å². The first kappa shape index (κ1) is 15.6. The van der Waals surface area contributed by atoms with Crippen LogP contribution in [-0.4, -0.2) is 50.7 Å². The number of nitrogen functional groups attached to an aromatic ring is 1. The van der Waals surface area contributed by atoms with E-state index in [9.17, 15) is 4.79 Å². The van der Waals surface area contributed by atoms with E-state index in [1.54, 1.807) is 0 Å².